The monoisotopic (exact) mass is 222 g/mol. The highest BCUT2D eigenvalue weighted by atomic mass is 32.2. The molecular formula is C9H18O4S. The molecule has 0 aliphatic heterocycles. The van der Waals surface area contributed by atoms with Crippen LogP contribution in [0.4, 0.5) is 0 Å². The highest BCUT2D eigenvalue weighted by Gasteiger charge is 2.21. The molecule has 1 unspecified atom stereocenters. The number of sulfone groups is 1. The number of methoxy groups -OCH3 is 1. The van der Waals surface area contributed by atoms with Gasteiger partial charge in [0.15, 0.2) is 9.84 Å². The van der Waals surface area contributed by atoms with E-state index < -0.39 is 21.7 Å². The van der Waals surface area contributed by atoms with Crippen molar-refractivity contribution in [2.24, 2.45) is 5.92 Å². The third kappa shape index (κ3) is 5.21. The molecule has 0 aromatic heterocycles. The molecule has 0 aromatic rings. The molecular weight excluding hydrogens is 204 g/mol. The molecule has 0 spiro atoms. The second-order valence-electron chi connectivity index (χ2n) is 3.39. The van der Waals surface area contributed by atoms with Crippen molar-refractivity contribution < 1.29 is 17.9 Å². The van der Waals surface area contributed by atoms with Gasteiger partial charge in [0.1, 0.15) is 0 Å². The molecule has 0 fully saturated rings. The molecule has 4 nitrogen and oxygen atoms in total. The Labute approximate surface area is 85.6 Å². The Bertz CT molecular complexity index is 269. The number of hydrogen-bond donors (Lipinski definition) is 0. The van der Waals surface area contributed by atoms with E-state index in [1.807, 2.05) is 6.92 Å². The Morgan fingerprint density at radius 1 is 1.43 bits per heavy atom. The van der Waals surface area contributed by atoms with Crippen molar-refractivity contribution >= 4 is 15.8 Å². The lowest BCUT2D eigenvalue weighted by molar-refractivity contribution is -0.144. The maximum absolute atomic E-state index is 11.4. The van der Waals surface area contributed by atoms with Crippen molar-refractivity contribution in [2.45, 2.75) is 26.7 Å². The fourth-order valence-corrected chi connectivity index (χ4v) is 2.89. The quantitative estimate of drug-likeness (QED) is 0.629. The van der Waals surface area contributed by atoms with Crippen LogP contribution < -0.4 is 0 Å². The first kappa shape index (κ1) is 13.4. The molecule has 84 valence electrons. The summed E-state index contributed by atoms with van der Waals surface area (Å²) >= 11 is 0. The van der Waals surface area contributed by atoms with Crippen molar-refractivity contribution in [2.75, 3.05) is 18.6 Å². The zero-order chi connectivity index (χ0) is 11.2. The van der Waals surface area contributed by atoms with E-state index in [1.54, 1.807) is 6.92 Å². The molecule has 0 aliphatic carbocycles. The third-order valence-corrected chi connectivity index (χ3v) is 3.83. The molecule has 14 heavy (non-hydrogen) atoms. The summed E-state index contributed by atoms with van der Waals surface area (Å²) in [5.41, 5.74) is 0. The Morgan fingerprint density at radius 3 is 2.43 bits per heavy atom. The lowest BCUT2D eigenvalue weighted by Crippen LogP contribution is -2.24. The number of ether oxygens (including phenoxy) is 1. The summed E-state index contributed by atoms with van der Waals surface area (Å²) in [6.45, 7) is 3.49. The van der Waals surface area contributed by atoms with Crippen LogP contribution in [-0.2, 0) is 19.4 Å². The van der Waals surface area contributed by atoms with E-state index in [4.69, 9.17) is 0 Å². The first-order valence-corrected chi connectivity index (χ1v) is 6.53. The minimum atomic E-state index is -3.10. The van der Waals surface area contributed by atoms with Crippen LogP contribution in [-0.4, -0.2) is 33.0 Å². The number of carbonyl (C=O) groups excluding carboxylic acids is 1. The predicted octanol–water partition coefficient (Wildman–Crippen LogP) is 1.01. The van der Waals surface area contributed by atoms with E-state index in [1.165, 1.54) is 7.11 Å². The zero-order valence-corrected chi connectivity index (χ0v) is 9.76. The van der Waals surface area contributed by atoms with Gasteiger partial charge in [-0.15, -0.1) is 0 Å². The summed E-state index contributed by atoms with van der Waals surface area (Å²) < 4.78 is 27.3. The molecule has 0 N–H and O–H groups in total. The lowest BCUT2D eigenvalue weighted by Gasteiger charge is -2.09. The van der Waals surface area contributed by atoms with E-state index in [9.17, 15) is 13.2 Å². The van der Waals surface area contributed by atoms with E-state index >= 15 is 0 Å². The van der Waals surface area contributed by atoms with Crippen molar-refractivity contribution in [3.63, 3.8) is 0 Å². The van der Waals surface area contributed by atoms with Gasteiger partial charge in [0.05, 0.1) is 24.5 Å². The second kappa shape index (κ2) is 6.01. The average molecular weight is 222 g/mol. The van der Waals surface area contributed by atoms with Gasteiger partial charge in [0.2, 0.25) is 0 Å². The van der Waals surface area contributed by atoms with Crippen LogP contribution in [0.1, 0.15) is 26.7 Å². The molecule has 1 atom stereocenters. The Hall–Kier alpha value is -0.580. The van der Waals surface area contributed by atoms with Crippen LogP contribution >= 0.6 is 0 Å². The van der Waals surface area contributed by atoms with E-state index in [0.29, 0.717) is 6.42 Å². The zero-order valence-electron chi connectivity index (χ0n) is 8.95. The van der Waals surface area contributed by atoms with Gasteiger partial charge in [-0.2, -0.15) is 0 Å². The van der Waals surface area contributed by atoms with Crippen molar-refractivity contribution in [3.05, 3.63) is 0 Å². The van der Waals surface area contributed by atoms with Crippen LogP contribution in [0.2, 0.25) is 0 Å². The maximum Gasteiger partial charge on any atom is 0.309 e. The molecule has 0 aliphatic rings. The Morgan fingerprint density at radius 2 is 2.00 bits per heavy atom. The average Bonchev–Trinajstić information content (AvgIpc) is 2.12. The number of hydrogen-bond acceptors (Lipinski definition) is 4. The third-order valence-electron chi connectivity index (χ3n) is 1.92. The smallest absolute Gasteiger partial charge is 0.309 e. The first-order chi connectivity index (χ1) is 6.43. The molecule has 0 amide bonds. The van der Waals surface area contributed by atoms with E-state index in [2.05, 4.69) is 4.74 Å². The second-order valence-corrected chi connectivity index (χ2v) is 5.62. The molecule has 0 radical (unpaired) electrons. The van der Waals surface area contributed by atoms with Crippen LogP contribution in [0.15, 0.2) is 0 Å². The van der Waals surface area contributed by atoms with Crippen LogP contribution in [0.5, 0.6) is 0 Å². The minimum Gasteiger partial charge on any atom is -0.469 e. The Kier molecular flexibility index (Phi) is 5.76. The highest BCUT2D eigenvalue weighted by Crippen LogP contribution is 2.06. The molecule has 0 heterocycles. The van der Waals surface area contributed by atoms with Gasteiger partial charge in [0, 0.05) is 0 Å². The van der Waals surface area contributed by atoms with Crippen molar-refractivity contribution in [1.29, 1.82) is 0 Å². The van der Waals surface area contributed by atoms with Gasteiger partial charge in [0.25, 0.3) is 0 Å². The lowest BCUT2D eigenvalue weighted by atomic mass is 10.2. The summed E-state index contributed by atoms with van der Waals surface area (Å²) in [5, 5.41) is 0. The van der Waals surface area contributed by atoms with Crippen molar-refractivity contribution in [3.8, 4) is 0 Å². The van der Waals surface area contributed by atoms with E-state index in [0.717, 1.165) is 6.42 Å². The summed E-state index contributed by atoms with van der Waals surface area (Å²) in [5.74, 6) is -0.989. The SMILES string of the molecule is CCCCS(=O)(=O)CC(C)C(=O)OC. The van der Waals surface area contributed by atoms with Gasteiger partial charge in [-0.3, -0.25) is 4.79 Å². The summed E-state index contributed by atoms with van der Waals surface area (Å²) in [7, 11) is -1.84. The standard InChI is InChI=1S/C9H18O4S/c1-4-5-6-14(11,12)7-8(2)9(10)13-3/h8H,4-7H2,1-3H3. The number of unbranched alkanes of at least 4 members (excludes halogenated alkanes) is 1. The highest BCUT2D eigenvalue weighted by molar-refractivity contribution is 7.91. The normalized spacial score (nSPS) is 13.6. The molecule has 0 saturated heterocycles. The fourth-order valence-electron chi connectivity index (χ4n) is 1.10. The first-order valence-electron chi connectivity index (χ1n) is 4.71. The van der Waals surface area contributed by atoms with Gasteiger partial charge >= 0.3 is 5.97 Å². The molecule has 5 heteroatoms. The summed E-state index contributed by atoms with van der Waals surface area (Å²) in [6, 6.07) is 0. The molecule has 0 saturated carbocycles. The van der Waals surface area contributed by atoms with Gasteiger partial charge < -0.3 is 4.74 Å². The topological polar surface area (TPSA) is 60.4 Å². The number of esters is 1. The minimum absolute atomic E-state index is 0.111. The van der Waals surface area contributed by atoms with Crippen LogP contribution in [0.25, 0.3) is 0 Å². The summed E-state index contributed by atoms with van der Waals surface area (Å²) in [6.07, 6.45) is 1.49. The predicted molar refractivity (Wildman–Crippen MR) is 54.7 cm³/mol. The number of rotatable bonds is 6. The van der Waals surface area contributed by atoms with E-state index in [-0.39, 0.29) is 11.5 Å². The molecule has 0 aromatic carbocycles. The summed E-state index contributed by atoms with van der Waals surface area (Å²) in [4.78, 5) is 11.0. The molecule has 0 bridgehead atoms. The fraction of sp³-hybridized carbons (Fsp3) is 0.889. The van der Waals surface area contributed by atoms with Crippen LogP contribution in [0.3, 0.4) is 0 Å². The number of carbonyl (C=O) groups is 1. The Balaban J connectivity index is 4.15. The largest absolute Gasteiger partial charge is 0.469 e. The maximum atomic E-state index is 11.4. The van der Waals surface area contributed by atoms with Gasteiger partial charge in [-0.25, -0.2) is 8.42 Å². The van der Waals surface area contributed by atoms with Crippen molar-refractivity contribution in [1.82, 2.24) is 0 Å². The van der Waals surface area contributed by atoms with Gasteiger partial charge in [-0.05, 0) is 6.42 Å². The molecule has 0 rings (SSSR count). The van der Waals surface area contributed by atoms with Crippen LogP contribution in [0, 0.1) is 5.92 Å². The van der Waals surface area contributed by atoms with Gasteiger partial charge in [-0.1, -0.05) is 20.3 Å².